The molecule has 2 N–H and O–H groups in total. The van der Waals surface area contributed by atoms with Crippen LogP contribution in [0, 0.1) is 0 Å². The molecule has 0 bridgehead atoms. The fraction of sp³-hybridized carbons (Fsp3) is 0.389. The molecule has 0 unspecified atom stereocenters. The molecule has 6 heteroatoms. The minimum atomic E-state index is -0.107. The van der Waals surface area contributed by atoms with E-state index in [1.165, 1.54) is 32.1 Å². The van der Waals surface area contributed by atoms with Gasteiger partial charge < -0.3 is 10.6 Å². The van der Waals surface area contributed by atoms with E-state index >= 15 is 0 Å². The molecule has 1 aliphatic rings. The zero-order valence-corrected chi connectivity index (χ0v) is 15.1. The average molecular weight is 389 g/mol. The maximum Gasteiger partial charge on any atom is 0.230 e. The third-order valence-electron chi connectivity index (χ3n) is 4.20. The summed E-state index contributed by atoms with van der Waals surface area (Å²) in [5, 5.41) is 14.5. The van der Waals surface area contributed by atoms with Crippen LogP contribution in [0.1, 0.15) is 37.7 Å². The number of rotatable bonds is 5. The molecule has 2 aromatic rings. The lowest BCUT2D eigenvalue weighted by Crippen LogP contribution is -2.23. The molecule has 24 heavy (non-hydrogen) atoms. The molecule has 0 saturated heterocycles. The van der Waals surface area contributed by atoms with Crippen molar-refractivity contribution < 1.29 is 4.79 Å². The summed E-state index contributed by atoms with van der Waals surface area (Å²) in [6.07, 6.45) is 6.54. The predicted octanol–water partition coefficient (Wildman–Crippen LogP) is 4.16. The van der Waals surface area contributed by atoms with E-state index in [-0.39, 0.29) is 5.91 Å². The van der Waals surface area contributed by atoms with Gasteiger partial charge in [-0.3, -0.25) is 4.79 Å². The number of benzene rings is 1. The highest BCUT2D eigenvalue weighted by Crippen LogP contribution is 2.21. The highest BCUT2D eigenvalue weighted by Gasteiger charge is 2.14. The van der Waals surface area contributed by atoms with E-state index in [1.807, 2.05) is 30.3 Å². The Morgan fingerprint density at radius 1 is 1.04 bits per heavy atom. The number of hydrogen-bond acceptors (Lipinski definition) is 4. The lowest BCUT2D eigenvalue weighted by Gasteiger charge is -2.22. The zero-order valence-electron chi connectivity index (χ0n) is 13.5. The molecule has 126 valence electrons. The second kappa shape index (κ2) is 8.24. The Labute approximate surface area is 150 Å². The maximum absolute atomic E-state index is 12.1. The fourth-order valence-corrected chi connectivity index (χ4v) is 3.36. The molecule has 0 radical (unpaired) electrons. The van der Waals surface area contributed by atoms with Gasteiger partial charge in [-0.05, 0) is 36.6 Å². The van der Waals surface area contributed by atoms with Crippen molar-refractivity contribution in [2.24, 2.45) is 0 Å². The van der Waals surface area contributed by atoms with Gasteiger partial charge in [0.15, 0.2) is 5.82 Å². The standard InChI is InChI=1S/C18H21BrN4O/c19-15-9-5-4-6-13(15)12-18(24)21-17-11-10-16(22-23-17)20-14-7-2-1-3-8-14/h4-6,9-11,14H,1-3,7-8,12H2,(H,20,22)(H,21,23,24). The summed E-state index contributed by atoms with van der Waals surface area (Å²) in [5.41, 5.74) is 0.943. The Morgan fingerprint density at radius 2 is 1.75 bits per heavy atom. The Balaban J connectivity index is 1.53. The normalized spacial score (nSPS) is 15.0. The van der Waals surface area contributed by atoms with Crippen molar-refractivity contribution in [3.63, 3.8) is 0 Å². The van der Waals surface area contributed by atoms with Crippen LogP contribution in [0.4, 0.5) is 11.6 Å². The van der Waals surface area contributed by atoms with Gasteiger partial charge in [-0.1, -0.05) is 53.4 Å². The van der Waals surface area contributed by atoms with E-state index in [0.717, 1.165) is 15.9 Å². The second-order valence-electron chi connectivity index (χ2n) is 6.10. The lowest BCUT2D eigenvalue weighted by molar-refractivity contribution is -0.115. The van der Waals surface area contributed by atoms with Crippen LogP contribution in [-0.2, 0) is 11.2 Å². The number of anilines is 2. The molecular formula is C18H21BrN4O. The molecule has 1 aromatic carbocycles. The van der Waals surface area contributed by atoms with Crippen LogP contribution >= 0.6 is 15.9 Å². The van der Waals surface area contributed by atoms with Crippen molar-refractivity contribution in [3.8, 4) is 0 Å². The van der Waals surface area contributed by atoms with Crippen LogP contribution in [0.15, 0.2) is 40.9 Å². The summed E-state index contributed by atoms with van der Waals surface area (Å²) < 4.78 is 0.929. The van der Waals surface area contributed by atoms with Gasteiger partial charge in [-0.15, -0.1) is 10.2 Å². The largest absolute Gasteiger partial charge is 0.366 e. The minimum absolute atomic E-state index is 0.107. The Morgan fingerprint density at radius 3 is 2.46 bits per heavy atom. The zero-order chi connectivity index (χ0) is 16.8. The number of carbonyl (C=O) groups excluding carboxylic acids is 1. The summed E-state index contributed by atoms with van der Waals surface area (Å²) in [4.78, 5) is 12.1. The fourth-order valence-electron chi connectivity index (χ4n) is 2.93. The first kappa shape index (κ1) is 16.9. The van der Waals surface area contributed by atoms with Gasteiger partial charge in [0.25, 0.3) is 0 Å². The number of amides is 1. The average Bonchev–Trinajstić information content (AvgIpc) is 2.60. The first-order chi connectivity index (χ1) is 11.7. The summed E-state index contributed by atoms with van der Waals surface area (Å²) in [7, 11) is 0. The molecular weight excluding hydrogens is 368 g/mol. The predicted molar refractivity (Wildman–Crippen MR) is 99.0 cm³/mol. The molecule has 0 atom stereocenters. The number of nitrogens with one attached hydrogen (secondary N) is 2. The second-order valence-corrected chi connectivity index (χ2v) is 6.95. The quantitative estimate of drug-likeness (QED) is 0.806. The van der Waals surface area contributed by atoms with Crippen LogP contribution in [0.3, 0.4) is 0 Å². The van der Waals surface area contributed by atoms with Gasteiger partial charge in [0.05, 0.1) is 6.42 Å². The number of nitrogens with zero attached hydrogens (tertiary/aromatic N) is 2. The maximum atomic E-state index is 12.1. The highest BCUT2D eigenvalue weighted by molar-refractivity contribution is 9.10. The van der Waals surface area contributed by atoms with Gasteiger partial charge in [0, 0.05) is 10.5 Å². The van der Waals surface area contributed by atoms with E-state index in [2.05, 4.69) is 36.8 Å². The molecule has 1 saturated carbocycles. The van der Waals surface area contributed by atoms with E-state index in [1.54, 1.807) is 6.07 Å². The molecule has 1 amide bonds. The summed E-state index contributed by atoms with van der Waals surface area (Å²) in [5.74, 6) is 1.14. The summed E-state index contributed by atoms with van der Waals surface area (Å²) in [6.45, 7) is 0. The molecule has 3 rings (SSSR count). The van der Waals surface area contributed by atoms with Gasteiger partial charge in [0.1, 0.15) is 5.82 Å². The van der Waals surface area contributed by atoms with Crippen molar-refractivity contribution in [1.82, 2.24) is 10.2 Å². The Hall–Kier alpha value is -1.95. The van der Waals surface area contributed by atoms with Gasteiger partial charge in [-0.25, -0.2) is 0 Å². The molecule has 1 aromatic heterocycles. The van der Waals surface area contributed by atoms with Crippen LogP contribution in [0.2, 0.25) is 0 Å². The summed E-state index contributed by atoms with van der Waals surface area (Å²) >= 11 is 3.45. The van der Waals surface area contributed by atoms with Crippen LogP contribution < -0.4 is 10.6 Å². The summed E-state index contributed by atoms with van der Waals surface area (Å²) in [6, 6.07) is 11.8. The smallest absolute Gasteiger partial charge is 0.230 e. The molecule has 5 nitrogen and oxygen atoms in total. The highest BCUT2D eigenvalue weighted by atomic mass is 79.9. The Bertz CT molecular complexity index is 684. The monoisotopic (exact) mass is 388 g/mol. The van der Waals surface area contributed by atoms with Crippen molar-refractivity contribution in [2.75, 3.05) is 10.6 Å². The van der Waals surface area contributed by atoms with Crippen LogP contribution in [0.5, 0.6) is 0 Å². The van der Waals surface area contributed by atoms with E-state index in [4.69, 9.17) is 0 Å². The van der Waals surface area contributed by atoms with E-state index in [0.29, 0.717) is 18.3 Å². The topological polar surface area (TPSA) is 66.9 Å². The number of carbonyl (C=O) groups is 1. The molecule has 1 fully saturated rings. The number of aromatic nitrogens is 2. The van der Waals surface area contributed by atoms with Crippen molar-refractivity contribution in [3.05, 3.63) is 46.4 Å². The molecule has 0 aliphatic heterocycles. The third kappa shape index (κ3) is 4.77. The number of hydrogen-bond donors (Lipinski definition) is 2. The third-order valence-corrected chi connectivity index (χ3v) is 4.97. The lowest BCUT2D eigenvalue weighted by atomic mass is 9.95. The van der Waals surface area contributed by atoms with Crippen LogP contribution in [0.25, 0.3) is 0 Å². The van der Waals surface area contributed by atoms with Crippen molar-refractivity contribution in [1.29, 1.82) is 0 Å². The SMILES string of the molecule is O=C(Cc1ccccc1Br)Nc1ccc(NC2CCCCC2)nn1. The first-order valence-corrected chi connectivity index (χ1v) is 9.13. The van der Waals surface area contributed by atoms with Crippen molar-refractivity contribution >= 4 is 33.5 Å². The minimum Gasteiger partial charge on any atom is -0.366 e. The molecule has 1 aliphatic carbocycles. The van der Waals surface area contributed by atoms with Crippen molar-refractivity contribution in [2.45, 2.75) is 44.6 Å². The van der Waals surface area contributed by atoms with Gasteiger partial charge >= 0.3 is 0 Å². The number of halogens is 1. The van der Waals surface area contributed by atoms with Gasteiger partial charge in [-0.2, -0.15) is 0 Å². The molecule has 1 heterocycles. The first-order valence-electron chi connectivity index (χ1n) is 8.34. The van der Waals surface area contributed by atoms with E-state index in [9.17, 15) is 4.79 Å². The van der Waals surface area contributed by atoms with Crippen LogP contribution in [-0.4, -0.2) is 22.1 Å². The Kier molecular flexibility index (Phi) is 5.80. The molecule has 0 spiro atoms. The van der Waals surface area contributed by atoms with E-state index < -0.39 is 0 Å². The van der Waals surface area contributed by atoms with Gasteiger partial charge in [0.2, 0.25) is 5.91 Å².